The number of nitro benzene ring substituents is 1. The van der Waals surface area contributed by atoms with E-state index in [-0.39, 0.29) is 22.2 Å². The average Bonchev–Trinajstić information content (AvgIpc) is 2.68. The Morgan fingerprint density at radius 2 is 1.89 bits per heavy atom. The molecule has 1 saturated heterocycles. The van der Waals surface area contributed by atoms with Crippen molar-refractivity contribution in [1.29, 1.82) is 0 Å². The predicted octanol–water partition coefficient (Wildman–Crippen LogP) is 3.61. The van der Waals surface area contributed by atoms with E-state index in [1.807, 2.05) is 31.2 Å². The van der Waals surface area contributed by atoms with Gasteiger partial charge in [0.15, 0.2) is 0 Å². The number of ether oxygens (including phenoxy) is 1. The first-order valence-electron chi connectivity index (χ1n) is 8.71. The van der Waals surface area contributed by atoms with Gasteiger partial charge in [0.25, 0.3) is 11.6 Å². The molecule has 1 amide bonds. The van der Waals surface area contributed by atoms with E-state index in [9.17, 15) is 14.9 Å². The quantitative estimate of drug-likeness (QED) is 0.576. The van der Waals surface area contributed by atoms with E-state index in [0.717, 1.165) is 11.4 Å². The van der Waals surface area contributed by atoms with Gasteiger partial charge in [-0.1, -0.05) is 23.7 Å². The maximum Gasteiger partial charge on any atom is 0.270 e. The molecule has 0 atom stereocenters. The van der Waals surface area contributed by atoms with Gasteiger partial charge in [0, 0.05) is 38.3 Å². The summed E-state index contributed by atoms with van der Waals surface area (Å²) < 4.78 is 5.68. The van der Waals surface area contributed by atoms with Gasteiger partial charge in [0.05, 0.1) is 27.8 Å². The van der Waals surface area contributed by atoms with Crippen LogP contribution in [-0.2, 0) is 0 Å². The van der Waals surface area contributed by atoms with Crippen molar-refractivity contribution in [3.05, 3.63) is 63.2 Å². The van der Waals surface area contributed by atoms with Gasteiger partial charge in [-0.25, -0.2) is 0 Å². The second-order valence-electron chi connectivity index (χ2n) is 6.10. The van der Waals surface area contributed by atoms with Gasteiger partial charge in [0.2, 0.25) is 0 Å². The molecule has 0 saturated carbocycles. The normalized spacial score (nSPS) is 14.1. The first-order valence-corrected chi connectivity index (χ1v) is 9.09. The summed E-state index contributed by atoms with van der Waals surface area (Å²) in [5.74, 6) is 0.531. The summed E-state index contributed by atoms with van der Waals surface area (Å²) in [6.45, 7) is 4.80. The Kier molecular flexibility index (Phi) is 5.81. The lowest BCUT2D eigenvalue weighted by Crippen LogP contribution is -2.49. The maximum absolute atomic E-state index is 12.8. The lowest BCUT2D eigenvalue weighted by atomic mass is 10.1. The number of nitro groups is 1. The molecule has 0 aromatic heterocycles. The molecule has 1 aliphatic heterocycles. The largest absolute Gasteiger partial charge is 0.492 e. The van der Waals surface area contributed by atoms with Crippen LogP contribution >= 0.6 is 11.6 Å². The third kappa shape index (κ3) is 4.14. The molecular weight excluding hydrogens is 370 g/mol. The van der Waals surface area contributed by atoms with Crippen LogP contribution in [-0.4, -0.2) is 48.5 Å². The average molecular weight is 390 g/mol. The van der Waals surface area contributed by atoms with Crippen molar-refractivity contribution in [2.75, 3.05) is 37.7 Å². The summed E-state index contributed by atoms with van der Waals surface area (Å²) in [5.41, 5.74) is 1.01. The zero-order valence-electron chi connectivity index (χ0n) is 14.9. The van der Waals surface area contributed by atoms with Crippen molar-refractivity contribution >= 4 is 28.9 Å². The third-order valence-electron chi connectivity index (χ3n) is 4.46. The van der Waals surface area contributed by atoms with Crippen LogP contribution in [0.3, 0.4) is 0 Å². The summed E-state index contributed by atoms with van der Waals surface area (Å²) in [6, 6.07) is 11.7. The van der Waals surface area contributed by atoms with E-state index in [2.05, 4.69) is 4.90 Å². The molecular formula is C19H20ClN3O4. The summed E-state index contributed by atoms with van der Waals surface area (Å²) in [4.78, 5) is 27.1. The highest BCUT2D eigenvalue weighted by Gasteiger charge is 2.26. The number of rotatable bonds is 5. The van der Waals surface area contributed by atoms with Gasteiger partial charge < -0.3 is 14.5 Å². The number of anilines is 1. The van der Waals surface area contributed by atoms with Crippen molar-refractivity contribution in [2.45, 2.75) is 6.92 Å². The van der Waals surface area contributed by atoms with Crippen molar-refractivity contribution < 1.29 is 14.5 Å². The maximum atomic E-state index is 12.8. The highest BCUT2D eigenvalue weighted by Crippen LogP contribution is 2.29. The lowest BCUT2D eigenvalue weighted by Gasteiger charge is -2.36. The molecule has 1 heterocycles. The monoisotopic (exact) mass is 389 g/mol. The molecule has 142 valence electrons. The number of amides is 1. The van der Waals surface area contributed by atoms with E-state index < -0.39 is 4.92 Å². The number of non-ortho nitro benzene ring substituents is 1. The molecule has 0 bridgehead atoms. The molecule has 0 aliphatic carbocycles. The Labute approximate surface area is 162 Å². The minimum atomic E-state index is -0.532. The van der Waals surface area contributed by atoms with Crippen molar-refractivity contribution in [3.8, 4) is 5.75 Å². The molecule has 8 heteroatoms. The lowest BCUT2D eigenvalue weighted by molar-refractivity contribution is -0.384. The van der Waals surface area contributed by atoms with Crippen LogP contribution in [0.25, 0.3) is 0 Å². The van der Waals surface area contributed by atoms with Gasteiger partial charge in [-0.15, -0.1) is 0 Å². The Balaban J connectivity index is 1.72. The van der Waals surface area contributed by atoms with E-state index in [1.165, 1.54) is 18.2 Å². The number of carbonyl (C=O) groups excluding carboxylic acids is 1. The molecule has 1 fully saturated rings. The van der Waals surface area contributed by atoms with Crippen molar-refractivity contribution in [1.82, 2.24) is 4.90 Å². The zero-order valence-corrected chi connectivity index (χ0v) is 15.7. The molecule has 27 heavy (non-hydrogen) atoms. The van der Waals surface area contributed by atoms with Crippen LogP contribution < -0.4 is 9.64 Å². The van der Waals surface area contributed by atoms with Gasteiger partial charge >= 0.3 is 0 Å². The fraction of sp³-hybridized carbons (Fsp3) is 0.316. The molecule has 3 rings (SSSR count). The van der Waals surface area contributed by atoms with Crippen molar-refractivity contribution in [2.24, 2.45) is 0 Å². The number of para-hydroxylation sites is 2. The standard InChI is InChI=1S/C19H20ClN3O4/c1-2-27-18-6-4-3-5-17(18)21-9-11-22(12-10-21)19(24)15-13-14(23(25)26)7-8-16(15)20/h3-8,13H,2,9-12H2,1H3. The highest BCUT2D eigenvalue weighted by molar-refractivity contribution is 6.33. The summed E-state index contributed by atoms with van der Waals surface area (Å²) in [6.07, 6.45) is 0. The Bertz CT molecular complexity index is 851. The van der Waals surface area contributed by atoms with Crippen molar-refractivity contribution in [3.63, 3.8) is 0 Å². The molecule has 1 aliphatic rings. The molecule has 0 radical (unpaired) electrons. The van der Waals surface area contributed by atoms with E-state index in [1.54, 1.807) is 4.90 Å². The molecule has 7 nitrogen and oxygen atoms in total. The molecule has 2 aromatic rings. The van der Waals surface area contributed by atoms with Gasteiger partial charge in [-0.2, -0.15) is 0 Å². The van der Waals surface area contributed by atoms with E-state index in [0.29, 0.717) is 32.8 Å². The Hall–Kier alpha value is -2.80. The smallest absolute Gasteiger partial charge is 0.270 e. The van der Waals surface area contributed by atoms with Crippen LogP contribution in [0.1, 0.15) is 17.3 Å². The minimum absolute atomic E-state index is 0.146. The SMILES string of the molecule is CCOc1ccccc1N1CCN(C(=O)c2cc([N+](=O)[O-])ccc2Cl)CC1. The van der Waals surface area contributed by atoms with E-state index in [4.69, 9.17) is 16.3 Å². The van der Waals surface area contributed by atoms with Gasteiger partial charge in [-0.05, 0) is 25.1 Å². The van der Waals surface area contributed by atoms with Crippen LogP contribution in [0, 0.1) is 10.1 Å². The predicted molar refractivity (Wildman–Crippen MR) is 104 cm³/mol. The van der Waals surface area contributed by atoms with Gasteiger partial charge in [-0.3, -0.25) is 14.9 Å². The molecule has 2 aromatic carbocycles. The summed E-state index contributed by atoms with van der Waals surface area (Å²) in [7, 11) is 0. The Morgan fingerprint density at radius 1 is 1.19 bits per heavy atom. The third-order valence-corrected chi connectivity index (χ3v) is 4.79. The van der Waals surface area contributed by atoms with Gasteiger partial charge in [0.1, 0.15) is 5.75 Å². The minimum Gasteiger partial charge on any atom is -0.492 e. The number of hydrogen-bond acceptors (Lipinski definition) is 5. The second-order valence-corrected chi connectivity index (χ2v) is 6.51. The van der Waals surface area contributed by atoms with Crippen LogP contribution in [0.15, 0.2) is 42.5 Å². The first-order chi connectivity index (χ1) is 13.0. The fourth-order valence-corrected chi connectivity index (χ4v) is 3.31. The van der Waals surface area contributed by atoms with E-state index >= 15 is 0 Å². The highest BCUT2D eigenvalue weighted by atomic mass is 35.5. The van der Waals surface area contributed by atoms with Crippen LogP contribution in [0.4, 0.5) is 11.4 Å². The number of benzene rings is 2. The molecule has 0 unspecified atom stereocenters. The number of carbonyl (C=O) groups is 1. The van der Waals surface area contributed by atoms with Crippen LogP contribution in [0.5, 0.6) is 5.75 Å². The zero-order chi connectivity index (χ0) is 19.4. The number of hydrogen-bond donors (Lipinski definition) is 0. The number of piperazine rings is 1. The summed E-state index contributed by atoms with van der Waals surface area (Å²) in [5, 5.41) is 11.2. The molecule has 0 N–H and O–H groups in total. The number of nitrogens with zero attached hydrogens (tertiary/aromatic N) is 3. The molecule has 0 spiro atoms. The summed E-state index contributed by atoms with van der Waals surface area (Å²) >= 11 is 6.10. The second kappa shape index (κ2) is 8.26. The fourth-order valence-electron chi connectivity index (χ4n) is 3.11. The first kappa shape index (κ1) is 19.0. The number of halogens is 1. The van der Waals surface area contributed by atoms with Crippen LogP contribution in [0.2, 0.25) is 5.02 Å². The Morgan fingerprint density at radius 3 is 2.56 bits per heavy atom. The topological polar surface area (TPSA) is 75.9 Å².